The fourth-order valence-electron chi connectivity index (χ4n) is 2.65. The Kier molecular flexibility index (Phi) is 8.66. The number of allylic oxidation sites excluding steroid dienone is 1. The zero-order valence-corrected chi connectivity index (χ0v) is 16.9. The minimum absolute atomic E-state index is 0.0547. The summed E-state index contributed by atoms with van der Waals surface area (Å²) < 4.78 is 42.0. The highest BCUT2D eigenvalue weighted by Gasteiger charge is 2.39. The van der Waals surface area contributed by atoms with Crippen molar-refractivity contribution in [3.8, 4) is 12.1 Å². The molecule has 0 fully saturated rings. The van der Waals surface area contributed by atoms with Gasteiger partial charge in [0.05, 0.1) is 17.5 Å². The molecule has 0 N–H and O–H groups in total. The van der Waals surface area contributed by atoms with Crippen molar-refractivity contribution in [2.45, 2.75) is 19.0 Å². The molecule has 0 saturated carbocycles. The number of hydrogen-bond donors (Lipinski definition) is 0. The number of hydrogen-bond acceptors (Lipinski definition) is 2. The molecule has 0 radical (unpaired) electrons. The van der Waals surface area contributed by atoms with Crippen molar-refractivity contribution >= 4 is 26.5 Å². The van der Waals surface area contributed by atoms with E-state index >= 15 is 0 Å². The molecule has 0 aliphatic rings. The molecule has 2 nitrogen and oxygen atoms in total. The molecular weight excluding hydrogens is 399 g/mol. The summed E-state index contributed by atoms with van der Waals surface area (Å²) in [5.41, 5.74) is 0. The van der Waals surface area contributed by atoms with E-state index in [2.05, 4.69) is 0 Å². The lowest BCUT2D eigenvalue weighted by Crippen LogP contribution is -2.16. The Balaban J connectivity index is 2.56. The van der Waals surface area contributed by atoms with Gasteiger partial charge in [0.15, 0.2) is 0 Å². The van der Waals surface area contributed by atoms with E-state index in [0.29, 0.717) is 0 Å². The van der Waals surface area contributed by atoms with Gasteiger partial charge in [0.25, 0.3) is 0 Å². The van der Waals surface area contributed by atoms with E-state index in [1.165, 1.54) is 5.82 Å². The van der Waals surface area contributed by atoms with Crippen LogP contribution in [0.3, 0.4) is 0 Å². The predicted molar refractivity (Wildman–Crippen MR) is 110 cm³/mol. The van der Waals surface area contributed by atoms with Gasteiger partial charge in [0.2, 0.25) is 0 Å². The second-order valence-electron chi connectivity index (χ2n) is 5.86. The zero-order chi connectivity index (χ0) is 20.4. The van der Waals surface area contributed by atoms with Crippen molar-refractivity contribution in [3.63, 3.8) is 0 Å². The van der Waals surface area contributed by atoms with Crippen molar-refractivity contribution < 1.29 is 13.2 Å². The summed E-state index contributed by atoms with van der Waals surface area (Å²) in [6.07, 6.45) is -4.06. The van der Waals surface area contributed by atoms with Crippen molar-refractivity contribution in [1.82, 2.24) is 0 Å². The summed E-state index contributed by atoms with van der Waals surface area (Å²) in [5.74, 6) is 1.36. The highest BCUT2D eigenvalue weighted by Crippen LogP contribution is 2.56. The van der Waals surface area contributed by atoms with Crippen LogP contribution in [0.4, 0.5) is 13.2 Å². The molecular formula is C21H19F3N2P2. The Morgan fingerprint density at radius 1 is 0.821 bits per heavy atom. The van der Waals surface area contributed by atoms with Crippen LogP contribution in [0.2, 0.25) is 0 Å². The van der Waals surface area contributed by atoms with Crippen molar-refractivity contribution in [2.24, 2.45) is 0 Å². The van der Waals surface area contributed by atoms with Crippen LogP contribution in [-0.2, 0) is 0 Å². The van der Waals surface area contributed by atoms with E-state index in [9.17, 15) is 13.2 Å². The van der Waals surface area contributed by atoms with Crippen molar-refractivity contribution in [2.75, 3.05) is 12.3 Å². The number of nitriles is 2. The number of nitrogens with zero attached hydrogens (tertiary/aromatic N) is 2. The molecule has 0 saturated heterocycles. The van der Waals surface area contributed by atoms with Crippen LogP contribution in [0.25, 0.3) is 0 Å². The first kappa shape index (κ1) is 22.1. The topological polar surface area (TPSA) is 47.6 Å². The second-order valence-corrected chi connectivity index (χ2v) is 10.3. The smallest absolute Gasteiger partial charge is 0.198 e. The minimum atomic E-state index is -4.49. The van der Waals surface area contributed by atoms with Crippen LogP contribution in [0.15, 0.2) is 71.8 Å². The molecule has 0 unspecified atom stereocenters. The first-order valence-electron chi connectivity index (χ1n) is 8.64. The summed E-state index contributed by atoms with van der Waals surface area (Å²) in [4.78, 5) is 0. The van der Waals surface area contributed by atoms with Gasteiger partial charge in [-0.3, -0.25) is 0 Å². The van der Waals surface area contributed by atoms with E-state index in [4.69, 9.17) is 10.5 Å². The first-order chi connectivity index (χ1) is 13.5. The van der Waals surface area contributed by atoms with E-state index < -0.39 is 27.3 Å². The minimum Gasteiger partial charge on any atom is -0.198 e. The number of benzene rings is 2. The zero-order valence-electron chi connectivity index (χ0n) is 15.1. The number of rotatable bonds is 8. The van der Waals surface area contributed by atoms with Crippen LogP contribution >= 0.6 is 15.8 Å². The lowest BCUT2D eigenvalue weighted by Gasteiger charge is -2.24. The van der Waals surface area contributed by atoms with Gasteiger partial charge in [-0.1, -0.05) is 68.6 Å². The predicted octanol–water partition coefficient (Wildman–Crippen LogP) is 5.83. The molecule has 0 atom stereocenters. The van der Waals surface area contributed by atoms with Gasteiger partial charge >= 0.3 is 6.18 Å². The van der Waals surface area contributed by atoms with E-state index in [0.717, 1.165) is 10.6 Å². The van der Waals surface area contributed by atoms with Gasteiger partial charge in [-0.15, -0.1) is 0 Å². The van der Waals surface area contributed by atoms with Crippen LogP contribution in [0, 0.1) is 22.7 Å². The Morgan fingerprint density at radius 3 is 1.61 bits per heavy atom. The molecule has 0 heterocycles. The quantitative estimate of drug-likeness (QED) is 0.507. The maximum Gasteiger partial charge on any atom is 0.416 e. The fraction of sp³-hybridized carbons (Fsp3) is 0.238. The third kappa shape index (κ3) is 6.45. The summed E-state index contributed by atoms with van der Waals surface area (Å²) in [6, 6.07) is 22.2. The highest BCUT2D eigenvalue weighted by atomic mass is 31.1. The molecule has 0 bridgehead atoms. The largest absolute Gasteiger partial charge is 0.416 e. The molecule has 28 heavy (non-hydrogen) atoms. The van der Waals surface area contributed by atoms with E-state index in [-0.39, 0.29) is 25.2 Å². The summed E-state index contributed by atoms with van der Waals surface area (Å²) in [6.45, 7) is 0. The van der Waals surface area contributed by atoms with Crippen LogP contribution < -0.4 is 10.6 Å². The molecule has 0 amide bonds. The van der Waals surface area contributed by atoms with Crippen molar-refractivity contribution in [1.29, 1.82) is 10.5 Å². The maximum absolute atomic E-state index is 14.0. The Morgan fingerprint density at radius 2 is 1.25 bits per heavy atom. The maximum atomic E-state index is 14.0. The average molecular weight is 418 g/mol. The second kappa shape index (κ2) is 11.0. The lowest BCUT2D eigenvalue weighted by molar-refractivity contribution is -0.0841. The molecule has 144 valence electrons. The summed E-state index contributed by atoms with van der Waals surface area (Å²) in [5, 5.41) is 18.8. The monoisotopic (exact) mass is 418 g/mol. The van der Waals surface area contributed by atoms with Gasteiger partial charge in [0.1, 0.15) is 0 Å². The highest BCUT2D eigenvalue weighted by molar-refractivity contribution is 7.76. The third-order valence-electron chi connectivity index (χ3n) is 3.94. The normalized spacial score (nSPS) is 12.0. The summed E-state index contributed by atoms with van der Waals surface area (Å²) in [7, 11) is -2.98. The molecule has 0 aromatic heterocycles. The third-order valence-corrected chi connectivity index (χ3v) is 8.96. The Hall–Kier alpha value is -2.19. The number of halogens is 3. The molecule has 0 aliphatic heterocycles. The van der Waals surface area contributed by atoms with Crippen LogP contribution in [0.1, 0.15) is 12.8 Å². The summed E-state index contributed by atoms with van der Waals surface area (Å²) >= 11 is 0. The molecule has 2 aromatic rings. The SMILES string of the molecule is N#CCCP(CCC#N)/C(=C\P(c1ccccc1)c1ccccc1)C(F)(F)F. The van der Waals surface area contributed by atoms with E-state index in [1.54, 1.807) is 0 Å². The molecule has 2 aromatic carbocycles. The first-order valence-corrected chi connectivity index (χ1v) is 11.8. The molecule has 0 aliphatic carbocycles. The van der Waals surface area contributed by atoms with Gasteiger partial charge in [-0.05, 0) is 36.7 Å². The van der Waals surface area contributed by atoms with Crippen LogP contribution in [0.5, 0.6) is 0 Å². The van der Waals surface area contributed by atoms with E-state index in [1.807, 2.05) is 72.8 Å². The number of alkyl halides is 3. The Labute approximate surface area is 165 Å². The van der Waals surface area contributed by atoms with Crippen LogP contribution in [-0.4, -0.2) is 18.5 Å². The van der Waals surface area contributed by atoms with Gasteiger partial charge in [-0.2, -0.15) is 23.7 Å². The average Bonchev–Trinajstić information content (AvgIpc) is 2.70. The molecule has 2 rings (SSSR count). The Bertz CT molecular complexity index is 796. The van der Waals surface area contributed by atoms with Gasteiger partial charge in [-0.25, -0.2) is 0 Å². The van der Waals surface area contributed by atoms with Gasteiger partial charge < -0.3 is 0 Å². The lowest BCUT2D eigenvalue weighted by atomic mass is 10.4. The molecule has 7 heteroatoms. The standard InChI is InChI=1S/C21H19F3N2P2/c22-21(23,24)20(27(15-7-13-25)16-8-14-26)17-28(18-9-3-1-4-10-18)19-11-5-2-6-12-19/h1-6,9-12,17H,7-8,15-16H2/b20-17-. The fourth-order valence-corrected chi connectivity index (χ4v) is 7.43. The van der Waals surface area contributed by atoms with Gasteiger partial charge in [0, 0.05) is 12.8 Å². The molecule has 0 spiro atoms. The van der Waals surface area contributed by atoms with Crippen molar-refractivity contribution in [3.05, 3.63) is 71.8 Å².